The molecule has 2 aliphatic heterocycles. The van der Waals surface area contributed by atoms with E-state index in [9.17, 15) is 0 Å². The molecule has 2 aliphatic rings. The lowest BCUT2D eigenvalue weighted by Crippen LogP contribution is -2.15. The number of hydrogen-bond donors (Lipinski definition) is 0. The van der Waals surface area contributed by atoms with Crippen LogP contribution in [0.25, 0.3) is 60.6 Å². The smallest absolute Gasteiger partial charge is 0.176 e. The molecular weight excluding hydrogens is 580 g/mol. The topological polar surface area (TPSA) is 39.8 Å². The van der Waals surface area contributed by atoms with Crippen LogP contribution in [0.15, 0.2) is 150 Å². The number of para-hydroxylation sites is 3. The number of furan rings is 1. The molecule has 4 heterocycles. The van der Waals surface area contributed by atoms with Crippen molar-refractivity contribution in [3.8, 4) is 39.8 Å². The summed E-state index contributed by atoms with van der Waals surface area (Å²) in [6, 6.07) is 50.5. The van der Waals surface area contributed by atoms with Crippen LogP contribution in [-0.2, 0) is 0 Å². The van der Waals surface area contributed by atoms with Gasteiger partial charge >= 0.3 is 0 Å². The molecule has 0 aliphatic carbocycles. The van der Waals surface area contributed by atoms with E-state index in [-0.39, 0.29) is 0 Å². The first-order valence-corrected chi connectivity index (χ1v) is 15.8. The van der Waals surface area contributed by atoms with Gasteiger partial charge in [-0.15, -0.1) is 0 Å². The van der Waals surface area contributed by atoms with Crippen LogP contribution in [0.3, 0.4) is 0 Å². The van der Waals surface area contributed by atoms with Gasteiger partial charge in [0.05, 0.1) is 27.8 Å². The Morgan fingerprint density at radius 1 is 0.447 bits per heavy atom. The van der Waals surface area contributed by atoms with Crippen LogP contribution in [0.4, 0.5) is 17.1 Å². The molecular formula is C42H24N2O3. The molecule has 0 saturated carbocycles. The van der Waals surface area contributed by atoms with Gasteiger partial charge in [-0.2, -0.15) is 0 Å². The van der Waals surface area contributed by atoms with E-state index in [0.29, 0.717) is 0 Å². The van der Waals surface area contributed by atoms with E-state index < -0.39 is 0 Å². The van der Waals surface area contributed by atoms with Gasteiger partial charge in [-0.1, -0.05) is 84.9 Å². The second-order valence-electron chi connectivity index (χ2n) is 12.1. The third-order valence-corrected chi connectivity index (χ3v) is 9.56. The van der Waals surface area contributed by atoms with Gasteiger partial charge in [0.25, 0.3) is 0 Å². The molecule has 7 aromatic carbocycles. The van der Waals surface area contributed by atoms with E-state index in [4.69, 9.17) is 13.9 Å². The molecule has 0 fully saturated rings. The lowest BCUT2D eigenvalue weighted by molar-refractivity contribution is 0.444. The van der Waals surface area contributed by atoms with E-state index >= 15 is 0 Å². The third-order valence-electron chi connectivity index (χ3n) is 9.56. The molecule has 0 unspecified atom stereocenters. The van der Waals surface area contributed by atoms with Crippen molar-refractivity contribution in [1.82, 2.24) is 4.57 Å². The van der Waals surface area contributed by atoms with Gasteiger partial charge < -0.3 is 18.8 Å². The molecule has 47 heavy (non-hydrogen) atoms. The Kier molecular flexibility index (Phi) is 4.78. The summed E-state index contributed by atoms with van der Waals surface area (Å²) in [6.07, 6.45) is 0. The Hall–Kier alpha value is -6.46. The number of ether oxygens (including phenoxy) is 2. The normalized spacial score (nSPS) is 12.6. The Labute approximate surface area is 269 Å². The molecule has 0 atom stereocenters. The van der Waals surface area contributed by atoms with Crippen molar-refractivity contribution in [2.75, 3.05) is 4.90 Å². The fraction of sp³-hybridized carbons (Fsp3) is 0. The maximum Gasteiger partial charge on any atom is 0.176 e. The van der Waals surface area contributed by atoms with E-state index in [1.807, 2.05) is 48.5 Å². The van der Waals surface area contributed by atoms with Crippen molar-refractivity contribution in [3.63, 3.8) is 0 Å². The summed E-state index contributed by atoms with van der Waals surface area (Å²) in [7, 11) is 0. The number of benzene rings is 7. The summed E-state index contributed by atoms with van der Waals surface area (Å²) in [5.74, 6) is 3.20. The number of rotatable bonds is 4. The van der Waals surface area contributed by atoms with E-state index in [2.05, 4.69) is 107 Å². The van der Waals surface area contributed by atoms with Crippen LogP contribution >= 0.6 is 0 Å². The fourth-order valence-corrected chi connectivity index (χ4v) is 7.56. The first-order chi connectivity index (χ1) is 23.3. The monoisotopic (exact) mass is 604 g/mol. The molecule has 5 heteroatoms. The number of nitrogens with zero attached hydrogens (tertiary/aromatic N) is 2. The molecule has 5 nitrogen and oxygen atoms in total. The van der Waals surface area contributed by atoms with Gasteiger partial charge in [-0.3, -0.25) is 4.57 Å². The third kappa shape index (κ3) is 3.32. The molecule has 0 N–H and O–H groups in total. The lowest BCUT2D eigenvalue weighted by atomic mass is 10.0. The number of fused-ring (bicyclic) bond motifs is 4. The van der Waals surface area contributed by atoms with E-state index in [1.165, 1.54) is 5.56 Å². The molecule has 0 radical (unpaired) electrons. The summed E-state index contributed by atoms with van der Waals surface area (Å²) in [6.45, 7) is 0. The second-order valence-corrected chi connectivity index (χ2v) is 12.1. The minimum Gasteiger partial charge on any atom is -0.456 e. The van der Waals surface area contributed by atoms with Crippen LogP contribution in [0.1, 0.15) is 0 Å². The van der Waals surface area contributed by atoms with Crippen molar-refractivity contribution >= 4 is 60.8 Å². The zero-order valence-corrected chi connectivity index (χ0v) is 25.0. The van der Waals surface area contributed by atoms with Gasteiger partial charge in [0.1, 0.15) is 16.9 Å². The maximum absolute atomic E-state index is 6.95. The highest BCUT2D eigenvalue weighted by atomic mass is 16.5. The van der Waals surface area contributed by atoms with Gasteiger partial charge in [0.2, 0.25) is 0 Å². The van der Waals surface area contributed by atoms with Gasteiger partial charge in [0, 0.05) is 21.8 Å². The molecule has 9 aromatic rings. The average molecular weight is 605 g/mol. The fourth-order valence-electron chi connectivity index (χ4n) is 7.56. The Morgan fingerprint density at radius 3 is 2.02 bits per heavy atom. The molecule has 0 saturated heterocycles. The largest absolute Gasteiger partial charge is 0.456 e. The summed E-state index contributed by atoms with van der Waals surface area (Å²) >= 11 is 0. The molecule has 11 rings (SSSR count). The molecule has 220 valence electrons. The number of anilines is 3. The highest BCUT2D eigenvalue weighted by Crippen LogP contribution is 2.57. The van der Waals surface area contributed by atoms with Crippen molar-refractivity contribution in [1.29, 1.82) is 0 Å². The van der Waals surface area contributed by atoms with Crippen molar-refractivity contribution < 1.29 is 13.9 Å². The predicted molar refractivity (Wildman–Crippen MR) is 188 cm³/mol. The van der Waals surface area contributed by atoms with E-state index in [0.717, 1.165) is 95.1 Å². The molecule has 0 bridgehead atoms. The Morgan fingerprint density at radius 2 is 1.13 bits per heavy atom. The number of hydrogen-bond acceptors (Lipinski definition) is 4. The summed E-state index contributed by atoms with van der Waals surface area (Å²) < 4.78 is 22.1. The van der Waals surface area contributed by atoms with Gasteiger partial charge in [-0.05, 0) is 71.8 Å². The molecule has 0 amide bonds. The van der Waals surface area contributed by atoms with Crippen LogP contribution in [0.2, 0.25) is 0 Å². The summed E-state index contributed by atoms with van der Waals surface area (Å²) in [4.78, 5) is 2.31. The SMILES string of the molecule is c1ccc(-c2ccc(N(c3ccc4c5cccc6c5n5c4c3Oc3cccc(c3-5)O6)c3cccc4oc5ccccc5c34)cc2)cc1. The maximum atomic E-state index is 6.95. The highest BCUT2D eigenvalue weighted by molar-refractivity contribution is 6.18. The van der Waals surface area contributed by atoms with Crippen molar-refractivity contribution in [2.24, 2.45) is 0 Å². The van der Waals surface area contributed by atoms with Crippen molar-refractivity contribution in [3.05, 3.63) is 146 Å². The van der Waals surface area contributed by atoms with Crippen LogP contribution < -0.4 is 14.4 Å². The average Bonchev–Trinajstić information content (AvgIpc) is 3.68. The van der Waals surface area contributed by atoms with Crippen LogP contribution in [-0.4, -0.2) is 4.57 Å². The lowest BCUT2D eigenvalue weighted by Gasteiger charge is -2.32. The Bertz CT molecular complexity index is 2740. The van der Waals surface area contributed by atoms with Crippen LogP contribution in [0, 0.1) is 0 Å². The van der Waals surface area contributed by atoms with Crippen molar-refractivity contribution in [2.45, 2.75) is 0 Å². The minimum absolute atomic E-state index is 0.766. The Balaban J connectivity index is 1.23. The summed E-state index contributed by atoms with van der Waals surface area (Å²) in [5.41, 5.74) is 10.0. The standard InChI is InChI=1S/C42H24N2O3/c1-2-9-25(10-3-1)26-19-21-27(22-20-26)43(31-13-7-15-34-38(31)30-11-4-5-14-33(30)45-34)32-24-23-29-28-12-6-16-35-39(28)44-40(29)42(32)47-37-18-8-17-36(46-35)41(37)44/h1-24H. The minimum atomic E-state index is 0.766. The van der Waals surface area contributed by atoms with Gasteiger partial charge in [0.15, 0.2) is 23.0 Å². The summed E-state index contributed by atoms with van der Waals surface area (Å²) in [5, 5.41) is 4.38. The highest BCUT2D eigenvalue weighted by Gasteiger charge is 2.34. The second kappa shape index (κ2) is 9.05. The first-order valence-electron chi connectivity index (χ1n) is 15.8. The molecule has 2 aromatic heterocycles. The van der Waals surface area contributed by atoms with E-state index in [1.54, 1.807) is 0 Å². The van der Waals surface area contributed by atoms with Crippen LogP contribution in [0.5, 0.6) is 23.0 Å². The zero-order valence-electron chi connectivity index (χ0n) is 25.0. The zero-order chi connectivity index (χ0) is 30.6. The first kappa shape index (κ1) is 24.8. The van der Waals surface area contributed by atoms with Gasteiger partial charge in [-0.25, -0.2) is 0 Å². The number of aromatic nitrogens is 1. The predicted octanol–water partition coefficient (Wildman–Crippen LogP) is 12.0. The molecule has 0 spiro atoms. The quantitative estimate of drug-likeness (QED) is 0.200.